The van der Waals surface area contributed by atoms with E-state index in [-0.39, 0.29) is 24.3 Å². The van der Waals surface area contributed by atoms with Crippen molar-refractivity contribution in [3.05, 3.63) is 50.6 Å². The van der Waals surface area contributed by atoms with Crippen LogP contribution in [0.25, 0.3) is 10.9 Å². The molecule has 4 N–H and O–H groups in total. The molecule has 3 aliphatic rings. The Morgan fingerprint density at radius 2 is 1.95 bits per heavy atom. The van der Waals surface area contributed by atoms with Crippen molar-refractivity contribution in [3.63, 3.8) is 0 Å². The number of thiazole rings is 1. The second-order valence-corrected chi connectivity index (χ2v) is 12.0. The van der Waals surface area contributed by atoms with Crippen LogP contribution in [0.4, 0.5) is 0 Å². The highest BCUT2D eigenvalue weighted by Crippen LogP contribution is 2.37. The van der Waals surface area contributed by atoms with Crippen molar-refractivity contribution in [3.8, 4) is 0 Å². The fourth-order valence-electron chi connectivity index (χ4n) is 5.20. The van der Waals surface area contributed by atoms with Gasteiger partial charge in [-0.05, 0) is 50.6 Å². The lowest BCUT2D eigenvalue weighted by molar-refractivity contribution is -0.144. The van der Waals surface area contributed by atoms with Gasteiger partial charge >= 0.3 is 0 Å². The molecule has 1 saturated heterocycles. The minimum atomic E-state index is -1.29. The molecule has 2 unspecified atom stereocenters. The van der Waals surface area contributed by atoms with Crippen LogP contribution in [0.1, 0.15) is 50.1 Å². The summed E-state index contributed by atoms with van der Waals surface area (Å²) in [5.41, 5.74) is 0.839. The van der Waals surface area contributed by atoms with Gasteiger partial charge in [-0.15, -0.1) is 11.3 Å². The number of aromatic nitrogens is 2. The lowest BCUT2D eigenvalue weighted by Gasteiger charge is -2.39. The molecule has 0 bridgehead atoms. The maximum absolute atomic E-state index is 13.3. The van der Waals surface area contributed by atoms with Crippen molar-refractivity contribution in [2.45, 2.75) is 49.9 Å². The summed E-state index contributed by atoms with van der Waals surface area (Å²) in [6.07, 6.45) is 2.13. The number of hydrogen-bond donors (Lipinski definition) is 4. The van der Waals surface area contributed by atoms with Crippen LogP contribution in [0.5, 0.6) is 0 Å². The van der Waals surface area contributed by atoms with Crippen molar-refractivity contribution in [2.75, 3.05) is 26.7 Å². The topological polar surface area (TPSA) is 131 Å². The number of nitrogens with zero attached hydrogens (tertiary/aromatic N) is 3. The number of amides is 3. The van der Waals surface area contributed by atoms with Crippen molar-refractivity contribution in [1.29, 1.82) is 0 Å². The minimum absolute atomic E-state index is 0.188. The Balaban J connectivity index is 1.20. The number of likely N-dealkylation sites (N-methyl/N-ethyl adjacent to an activating group) is 1. The number of rotatable bonds is 5. The van der Waals surface area contributed by atoms with Crippen molar-refractivity contribution < 1.29 is 19.5 Å². The van der Waals surface area contributed by atoms with Gasteiger partial charge in [0.15, 0.2) is 5.01 Å². The number of piperidine rings is 1. The number of aromatic amines is 1. The summed E-state index contributed by atoms with van der Waals surface area (Å²) in [6, 6.07) is 6.13. The van der Waals surface area contributed by atoms with Gasteiger partial charge in [-0.2, -0.15) is 0 Å². The van der Waals surface area contributed by atoms with Crippen molar-refractivity contribution in [1.82, 2.24) is 30.4 Å². The van der Waals surface area contributed by atoms with Gasteiger partial charge in [0, 0.05) is 53.4 Å². The summed E-state index contributed by atoms with van der Waals surface area (Å²) >= 11 is 7.47. The maximum Gasteiger partial charge on any atom is 0.280 e. The number of likely N-dealkylation sites (tertiary alicyclic amines) is 1. The molecule has 38 heavy (non-hydrogen) atoms. The van der Waals surface area contributed by atoms with Crippen LogP contribution in [0.2, 0.25) is 5.02 Å². The van der Waals surface area contributed by atoms with Crippen LogP contribution in [-0.2, 0) is 17.8 Å². The summed E-state index contributed by atoms with van der Waals surface area (Å²) < 4.78 is 0. The van der Waals surface area contributed by atoms with Gasteiger partial charge in [0.1, 0.15) is 11.3 Å². The Hall–Kier alpha value is -2.99. The first-order valence-corrected chi connectivity index (χ1v) is 14.0. The molecule has 0 spiro atoms. The fraction of sp³-hybridized carbons (Fsp3) is 0.462. The Labute approximate surface area is 228 Å². The molecule has 3 aromatic rings. The summed E-state index contributed by atoms with van der Waals surface area (Å²) in [7, 11) is 2.04. The Morgan fingerprint density at radius 1 is 1.16 bits per heavy atom. The van der Waals surface area contributed by atoms with E-state index in [4.69, 9.17) is 11.6 Å². The Morgan fingerprint density at radius 3 is 2.74 bits per heavy atom. The molecule has 2 aromatic heterocycles. The predicted octanol–water partition coefficient (Wildman–Crippen LogP) is 1.92. The zero-order valence-corrected chi connectivity index (χ0v) is 22.5. The van der Waals surface area contributed by atoms with Gasteiger partial charge < -0.3 is 30.5 Å². The zero-order valence-electron chi connectivity index (χ0n) is 20.9. The molecule has 12 heteroatoms. The first-order valence-electron chi connectivity index (χ1n) is 12.8. The number of benzene rings is 1. The molecule has 1 aliphatic carbocycles. The maximum atomic E-state index is 13.3. The van der Waals surface area contributed by atoms with E-state index in [1.54, 1.807) is 23.1 Å². The van der Waals surface area contributed by atoms with Crippen LogP contribution < -0.4 is 10.6 Å². The van der Waals surface area contributed by atoms with Gasteiger partial charge in [0.05, 0.1) is 17.8 Å². The first-order chi connectivity index (χ1) is 18.2. The van der Waals surface area contributed by atoms with Crippen LogP contribution in [-0.4, -0.2) is 87.0 Å². The van der Waals surface area contributed by atoms with E-state index in [9.17, 15) is 19.5 Å². The minimum Gasteiger partial charge on any atom is -0.380 e. The standard InChI is InChI=1S/C26H29ClN6O4S/c1-32-8-4-18-21(13-32)38-24(31-18)23(35)30-20-12-33(25(36)26(37)6-7-26)9-5-17(20)29-22(34)19-11-14-10-15(27)2-3-16(14)28-19/h2-3,10-11,17,20,28,37H,4-9,12-13H2,1H3,(H,29,34)(H,30,35). The number of H-pyrrole nitrogens is 1. The van der Waals surface area contributed by atoms with Crippen LogP contribution in [0.3, 0.4) is 0 Å². The molecular formula is C26H29ClN6O4S. The van der Waals surface area contributed by atoms with E-state index < -0.39 is 17.7 Å². The molecule has 200 valence electrons. The van der Waals surface area contributed by atoms with E-state index >= 15 is 0 Å². The third-order valence-electron chi connectivity index (χ3n) is 7.60. The molecule has 6 rings (SSSR count). The normalized spacial score (nSPS) is 22.7. The monoisotopic (exact) mass is 556 g/mol. The van der Waals surface area contributed by atoms with Gasteiger partial charge in [-0.1, -0.05) is 11.6 Å². The molecule has 2 fully saturated rings. The summed E-state index contributed by atoms with van der Waals surface area (Å²) in [5, 5.41) is 18.2. The Bertz CT molecular complexity index is 1430. The molecule has 2 aliphatic heterocycles. The molecule has 1 saturated carbocycles. The smallest absolute Gasteiger partial charge is 0.280 e. The zero-order chi connectivity index (χ0) is 26.6. The number of fused-ring (bicyclic) bond motifs is 2. The summed E-state index contributed by atoms with van der Waals surface area (Å²) in [5.74, 6) is -0.951. The Kier molecular flexibility index (Phi) is 6.42. The highest BCUT2D eigenvalue weighted by atomic mass is 35.5. The second kappa shape index (κ2) is 9.64. The predicted molar refractivity (Wildman–Crippen MR) is 143 cm³/mol. The van der Waals surface area contributed by atoms with E-state index in [0.717, 1.165) is 41.0 Å². The van der Waals surface area contributed by atoms with Crippen LogP contribution in [0, 0.1) is 0 Å². The lowest BCUT2D eigenvalue weighted by atomic mass is 9.98. The molecular weight excluding hydrogens is 528 g/mol. The fourth-order valence-corrected chi connectivity index (χ4v) is 6.48. The summed E-state index contributed by atoms with van der Waals surface area (Å²) in [6.45, 7) is 2.22. The second-order valence-electron chi connectivity index (χ2n) is 10.5. The molecule has 0 radical (unpaired) electrons. The number of carbonyl (C=O) groups is 3. The number of carbonyl (C=O) groups excluding carboxylic acids is 3. The molecule has 4 heterocycles. The average Bonchev–Trinajstić information content (AvgIpc) is 3.31. The number of nitrogens with one attached hydrogen (secondary N) is 3. The third-order valence-corrected chi connectivity index (χ3v) is 8.91. The van der Waals surface area contributed by atoms with E-state index in [1.165, 1.54) is 11.3 Å². The van der Waals surface area contributed by atoms with Gasteiger partial charge in [0.2, 0.25) is 0 Å². The molecule has 2 atom stereocenters. The number of aliphatic hydroxyl groups is 1. The number of hydrogen-bond acceptors (Lipinski definition) is 7. The van der Waals surface area contributed by atoms with Gasteiger partial charge in [-0.3, -0.25) is 14.4 Å². The van der Waals surface area contributed by atoms with Crippen molar-refractivity contribution in [2.24, 2.45) is 0 Å². The largest absolute Gasteiger partial charge is 0.380 e. The number of halogens is 1. The van der Waals surface area contributed by atoms with Gasteiger partial charge in [-0.25, -0.2) is 4.98 Å². The molecule has 1 aromatic carbocycles. The van der Waals surface area contributed by atoms with Crippen LogP contribution >= 0.6 is 22.9 Å². The van der Waals surface area contributed by atoms with E-state index in [2.05, 4.69) is 25.5 Å². The van der Waals surface area contributed by atoms with Crippen LogP contribution in [0.15, 0.2) is 24.3 Å². The van der Waals surface area contributed by atoms with E-state index in [1.807, 2.05) is 13.1 Å². The SMILES string of the molecule is CN1CCc2nc(C(=O)NC3CN(C(=O)C4(O)CC4)CCC3NC(=O)c3cc4cc(Cl)ccc4[nH]3)sc2C1. The van der Waals surface area contributed by atoms with Crippen molar-refractivity contribution >= 4 is 51.6 Å². The highest BCUT2D eigenvalue weighted by Gasteiger charge is 2.51. The summed E-state index contributed by atoms with van der Waals surface area (Å²) in [4.78, 5) is 51.9. The van der Waals surface area contributed by atoms with Gasteiger partial charge in [0.25, 0.3) is 17.7 Å². The molecule has 3 amide bonds. The average molecular weight is 557 g/mol. The quantitative estimate of drug-likeness (QED) is 0.380. The lowest BCUT2D eigenvalue weighted by Crippen LogP contribution is -2.62. The first kappa shape index (κ1) is 25.3. The molecule has 10 nitrogen and oxygen atoms in total. The van der Waals surface area contributed by atoms with E-state index in [0.29, 0.717) is 41.5 Å². The third kappa shape index (κ3) is 4.91. The highest BCUT2D eigenvalue weighted by molar-refractivity contribution is 7.13.